The van der Waals surface area contributed by atoms with E-state index in [1.54, 1.807) is 4.90 Å². The van der Waals surface area contributed by atoms with E-state index in [9.17, 15) is 13.2 Å². The molecule has 0 bridgehead atoms. The summed E-state index contributed by atoms with van der Waals surface area (Å²) in [5, 5.41) is 8.70. The van der Waals surface area contributed by atoms with E-state index in [2.05, 4.69) is 0 Å². The van der Waals surface area contributed by atoms with Crippen LogP contribution in [0.3, 0.4) is 0 Å². The van der Waals surface area contributed by atoms with Gasteiger partial charge in [0.2, 0.25) is 0 Å². The van der Waals surface area contributed by atoms with Crippen molar-refractivity contribution in [3.05, 3.63) is 0 Å². The van der Waals surface area contributed by atoms with Crippen LogP contribution >= 0.6 is 0 Å². The minimum atomic E-state index is -2.95. The van der Waals surface area contributed by atoms with E-state index >= 15 is 0 Å². The molecule has 1 N–H and O–H groups in total. The van der Waals surface area contributed by atoms with Crippen LogP contribution in [0.25, 0.3) is 0 Å². The predicted molar refractivity (Wildman–Crippen MR) is 63.2 cm³/mol. The second kappa shape index (κ2) is 6.85. The third kappa shape index (κ3) is 9.92. The lowest BCUT2D eigenvalue weighted by molar-refractivity contribution is -0.138. The van der Waals surface area contributed by atoms with Crippen molar-refractivity contribution in [1.29, 1.82) is 0 Å². The van der Waals surface area contributed by atoms with Gasteiger partial charge in [0.25, 0.3) is 0 Å². The molecular weight excluding hydrogens is 230 g/mol. The average molecular weight is 251 g/mol. The number of hydrogen-bond donors (Lipinski definition) is 1. The number of carboxylic acids is 1. The van der Waals surface area contributed by atoms with E-state index in [0.717, 1.165) is 0 Å². The van der Waals surface area contributed by atoms with Gasteiger partial charge >= 0.3 is 5.97 Å². The molecule has 5 nitrogen and oxygen atoms in total. The third-order valence-corrected chi connectivity index (χ3v) is 3.00. The van der Waals surface area contributed by atoms with Gasteiger partial charge in [-0.3, -0.25) is 9.69 Å². The van der Waals surface area contributed by atoms with Crippen molar-refractivity contribution in [2.24, 2.45) is 5.92 Å². The Kier molecular flexibility index (Phi) is 6.59. The van der Waals surface area contributed by atoms with Crippen molar-refractivity contribution < 1.29 is 18.3 Å². The Morgan fingerprint density at radius 3 is 2.31 bits per heavy atom. The Morgan fingerprint density at radius 2 is 1.94 bits per heavy atom. The van der Waals surface area contributed by atoms with Gasteiger partial charge in [0.05, 0.1) is 12.3 Å². The highest BCUT2D eigenvalue weighted by molar-refractivity contribution is 7.90. The summed E-state index contributed by atoms with van der Waals surface area (Å²) in [5.41, 5.74) is 0. The fourth-order valence-electron chi connectivity index (χ4n) is 1.49. The number of carboxylic acid groups (broad SMARTS) is 1. The number of nitrogens with zero attached hydrogens (tertiary/aromatic N) is 1. The van der Waals surface area contributed by atoms with Gasteiger partial charge in [0, 0.05) is 12.8 Å². The summed E-state index contributed by atoms with van der Waals surface area (Å²) in [6.07, 6.45) is 1.68. The summed E-state index contributed by atoms with van der Waals surface area (Å²) in [6.45, 7) is 5.17. The normalized spacial score (nSPS) is 12.3. The largest absolute Gasteiger partial charge is 0.480 e. The lowest BCUT2D eigenvalue weighted by Gasteiger charge is -2.21. The van der Waals surface area contributed by atoms with Gasteiger partial charge in [-0.05, 0) is 18.9 Å². The monoisotopic (exact) mass is 251 g/mol. The van der Waals surface area contributed by atoms with Crippen molar-refractivity contribution >= 4 is 15.8 Å². The van der Waals surface area contributed by atoms with Gasteiger partial charge in [0.15, 0.2) is 0 Å². The van der Waals surface area contributed by atoms with Crippen molar-refractivity contribution in [2.75, 3.05) is 31.6 Å². The van der Waals surface area contributed by atoms with Gasteiger partial charge in [0.1, 0.15) is 9.84 Å². The average Bonchev–Trinajstić information content (AvgIpc) is 1.98. The van der Waals surface area contributed by atoms with Gasteiger partial charge in [-0.15, -0.1) is 0 Å². The first kappa shape index (κ1) is 15.4. The van der Waals surface area contributed by atoms with Crippen molar-refractivity contribution in [1.82, 2.24) is 4.90 Å². The van der Waals surface area contributed by atoms with E-state index in [1.165, 1.54) is 6.26 Å². The Hall–Kier alpha value is -0.620. The molecule has 0 rings (SSSR count). The van der Waals surface area contributed by atoms with Crippen LogP contribution < -0.4 is 0 Å². The first-order valence-corrected chi connectivity index (χ1v) is 7.38. The number of sulfone groups is 1. The molecule has 96 valence electrons. The van der Waals surface area contributed by atoms with Gasteiger partial charge in [-0.1, -0.05) is 13.8 Å². The smallest absolute Gasteiger partial charge is 0.317 e. The number of carbonyl (C=O) groups is 1. The molecule has 0 saturated heterocycles. The predicted octanol–water partition coefficient (Wildman–Crippen LogP) is 0.464. The van der Waals surface area contributed by atoms with Crippen molar-refractivity contribution in [2.45, 2.75) is 20.3 Å². The second-order valence-electron chi connectivity index (χ2n) is 4.51. The molecule has 0 amide bonds. The Morgan fingerprint density at radius 1 is 1.38 bits per heavy atom. The molecule has 0 fully saturated rings. The fraction of sp³-hybridized carbons (Fsp3) is 0.900. The maximum Gasteiger partial charge on any atom is 0.317 e. The molecule has 0 atom stereocenters. The zero-order valence-corrected chi connectivity index (χ0v) is 11.0. The SMILES string of the molecule is CC(C)CN(CCCS(C)(=O)=O)CC(=O)O. The van der Waals surface area contributed by atoms with Crippen LogP contribution in [0, 0.1) is 5.92 Å². The zero-order valence-electron chi connectivity index (χ0n) is 10.1. The summed E-state index contributed by atoms with van der Waals surface area (Å²) in [4.78, 5) is 12.4. The molecule has 0 saturated carbocycles. The lowest BCUT2D eigenvalue weighted by atomic mass is 10.2. The molecule has 0 unspecified atom stereocenters. The van der Waals surface area contributed by atoms with Crippen LogP contribution in [0.1, 0.15) is 20.3 Å². The van der Waals surface area contributed by atoms with Gasteiger partial charge < -0.3 is 5.11 Å². The first-order valence-electron chi connectivity index (χ1n) is 5.32. The molecule has 0 aliphatic rings. The highest BCUT2D eigenvalue weighted by Crippen LogP contribution is 2.01. The van der Waals surface area contributed by atoms with E-state index in [4.69, 9.17) is 5.11 Å². The highest BCUT2D eigenvalue weighted by Gasteiger charge is 2.12. The molecular formula is C10H21NO4S. The van der Waals surface area contributed by atoms with Crippen molar-refractivity contribution in [3.8, 4) is 0 Å². The van der Waals surface area contributed by atoms with Crippen LogP contribution in [0.4, 0.5) is 0 Å². The minimum Gasteiger partial charge on any atom is -0.480 e. The number of hydrogen-bond acceptors (Lipinski definition) is 4. The zero-order chi connectivity index (χ0) is 12.8. The molecule has 0 aromatic carbocycles. The molecule has 0 aliphatic carbocycles. The number of aliphatic carboxylic acids is 1. The lowest BCUT2D eigenvalue weighted by Crippen LogP contribution is -2.34. The Balaban J connectivity index is 4.06. The molecule has 0 radical (unpaired) electrons. The molecule has 0 spiro atoms. The van der Waals surface area contributed by atoms with Crippen LogP contribution in [0.2, 0.25) is 0 Å². The molecule has 0 aliphatic heterocycles. The van der Waals surface area contributed by atoms with E-state index in [0.29, 0.717) is 25.4 Å². The second-order valence-corrected chi connectivity index (χ2v) is 6.77. The van der Waals surface area contributed by atoms with Crippen LogP contribution in [-0.2, 0) is 14.6 Å². The Labute approximate surface area is 97.4 Å². The van der Waals surface area contributed by atoms with Gasteiger partial charge in [-0.25, -0.2) is 8.42 Å². The molecule has 0 aromatic rings. The summed E-state index contributed by atoms with van der Waals surface area (Å²) < 4.78 is 21.8. The molecule has 6 heteroatoms. The van der Waals surface area contributed by atoms with Crippen LogP contribution in [-0.4, -0.2) is 56.0 Å². The van der Waals surface area contributed by atoms with E-state index in [1.807, 2.05) is 13.8 Å². The summed E-state index contributed by atoms with van der Waals surface area (Å²) in [5.74, 6) is -0.390. The summed E-state index contributed by atoms with van der Waals surface area (Å²) in [7, 11) is -2.95. The summed E-state index contributed by atoms with van der Waals surface area (Å²) in [6, 6.07) is 0. The van der Waals surface area contributed by atoms with Crippen molar-refractivity contribution in [3.63, 3.8) is 0 Å². The first-order chi connectivity index (χ1) is 7.20. The van der Waals surface area contributed by atoms with Crippen LogP contribution in [0.5, 0.6) is 0 Å². The third-order valence-electron chi connectivity index (χ3n) is 1.97. The van der Waals surface area contributed by atoms with E-state index < -0.39 is 15.8 Å². The maximum atomic E-state index is 10.9. The molecule has 16 heavy (non-hydrogen) atoms. The molecule has 0 aromatic heterocycles. The minimum absolute atomic E-state index is 0.0259. The summed E-state index contributed by atoms with van der Waals surface area (Å²) >= 11 is 0. The molecule has 0 heterocycles. The number of rotatable bonds is 8. The fourth-order valence-corrected chi connectivity index (χ4v) is 2.15. The topological polar surface area (TPSA) is 74.7 Å². The Bertz CT molecular complexity index is 311. The quantitative estimate of drug-likeness (QED) is 0.678. The maximum absolute atomic E-state index is 10.9. The van der Waals surface area contributed by atoms with E-state index in [-0.39, 0.29) is 12.3 Å². The highest BCUT2D eigenvalue weighted by atomic mass is 32.2. The van der Waals surface area contributed by atoms with Gasteiger partial charge in [-0.2, -0.15) is 0 Å². The standard InChI is InChI=1S/C10H21NO4S/c1-9(2)7-11(8-10(12)13)5-4-6-16(3,14)15/h9H,4-8H2,1-3H3,(H,12,13). The van der Waals surface area contributed by atoms with Crippen LogP contribution in [0.15, 0.2) is 0 Å².